The highest BCUT2D eigenvalue weighted by atomic mass is 16.5. The van der Waals surface area contributed by atoms with Crippen LogP contribution >= 0.6 is 0 Å². The van der Waals surface area contributed by atoms with Crippen LogP contribution in [0.3, 0.4) is 0 Å². The third kappa shape index (κ3) is 3.36. The standard InChI is InChI=1S/C18H19N5O3/c1-11-9-16(24)26-15-10-13(3-4-14(11)15)21-17-19-12(2)20-18(22-17)23-5-7-25-8-6-23/h3-4,9-10H,5-8H2,1-2H3,(H,19,20,21,22). The quantitative estimate of drug-likeness (QED) is 0.716. The monoisotopic (exact) mass is 353 g/mol. The van der Waals surface area contributed by atoms with Crippen molar-refractivity contribution in [2.75, 3.05) is 36.5 Å². The maximum atomic E-state index is 11.6. The van der Waals surface area contributed by atoms with Crippen LogP contribution in [0.5, 0.6) is 0 Å². The molecule has 0 unspecified atom stereocenters. The van der Waals surface area contributed by atoms with Gasteiger partial charge >= 0.3 is 5.63 Å². The van der Waals surface area contributed by atoms with Gasteiger partial charge in [0.2, 0.25) is 11.9 Å². The fourth-order valence-corrected chi connectivity index (χ4v) is 2.96. The average Bonchev–Trinajstić information content (AvgIpc) is 2.61. The molecule has 1 aliphatic rings. The van der Waals surface area contributed by atoms with Crippen molar-refractivity contribution in [1.29, 1.82) is 0 Å². The van der Waals surface area contributed by atoms with Crippen molar-refractivity contribution in [3.05, 3.63) is 46.1 Å². The molecule has 0 aliphatic carbocycles. The van der Waals surface area contributed by atoms with Crippen molar-refractivity contribution >= 4 is 28.6 Å². The van der Waals surface area contributed by atoms with E-state index in [0.29, 0.717) is 36.5 Å². The molecule has 0 radical (unpaired) electrons. The van der Waals surface area contributed by atoms with Gasteiger partial charge in [-0.05, 0) is 31.5 Å². The Balaban J connectivity index is 1.65. The van der Waals surface area contributed by atoms with Gasteiger partial charge in [-0.3, -0.25) is 0 Å². The van der Waals surface area contributed by atoms with E-state index in [4.69, 9.17) is 9.15 Å². The molecule has 26 heavy (non-hydrogen) atoms. The Kier molecular flexibility index (Phi) is 4.26. The third-order valence-electron chi connectivity index (χ3n) is 4.24. The predicted molar refractivity (Wildman–Crippen MR) is 98.1 cm³/mol. The molecular formula is C18H19N5O3. The van der Waals surface area contributed by atoms with Crippen molar-refractivity contribution in [1.82, 2.24) is 15.0 Å². The Bertz CT molecular complexity index is 1010. The van der Waals surface area contributed by atoms with E-state index in [1.54, 1.807) is 6.07 Å². The van der Waals surface area contributed by atoms with Gasteiger partial charge in [0.15, 0.2) is 0 Å². The Hall–Kier alpha value is -3.00. The molecule has 3 heterocycles. The number of anilines is 3. The molecule has 1 fully saturated rings. The van der Waals surface area contributed by atoms with Gasteiger partial charge in [0.1, 0.15) is 11.4 Å². The van der Waals surface area contributed by atoms with Gasteiger partial charge in [0.25, 0.3) is 0 Å². The molecule has 3 aromatic rings. The number of hydrogen-bond acceptors (Lipinski definition) is 8. The van der Waals surface area contributed by atoms with E-state index in [-0.39, 0.29) is 5.63 Å². The molecular weight excluding hydrogens is 334 g/mol. The summed E-state index contributed by atoms with van der Waals surface area (Å²) >= 11 is 0. The predicted octanol–water partition coefficient (Wildman–Crippen LogP) is 2.18. The summed E-state index contributed by atoms with van der Waals surface area (Å²) in [4.78, 5) is 27.0. The molecule has 0 bridgehead atoms. The summed E-state index contributed by atoms with van der Waals surface area (Å²) in [6.45, 7) is 6.55. The zero-order valence-corrected chi connectivity index (χ0v) is 14.7. The van der Waals surface area contributed by atoms with Crippen LogP contribution in [0.15, 0.2) is 33.5 Å². The lowest BCUT2D eigenvalue weighted by molar-refractivity contribution is 0.122. The Labute approximate surface area is 149 Å². The number of ether oxygens (including phenoxy) is 1. The van der Waals surface area contributed by atoms with Crippen molar-refractivity contribution in [3.8, 4) is 0 Å². The van der Waals surface area contributed by atoms with Crippen LogP contribution in [0.25, 0.3) is 11.0 Å². The number of benzene rings is 1. The van der Waals surface area contributed by atoms with E-state index in [9.17, 15) is 4.79 Å². The molecule has 0 amide bonds. The van der Waals surface area contributed by atoms with Gasteiger partial charge in [-0.1, -0.05) is 0 Å². The minimum Gasteiger partial charge on any atom is -0.423 e. The fourth-order valence-electron chi connectivity index (χ4n) is 2.96. The van der Waals surface area contributed by atoms with Gasteiger partial charge in [0.05, 0.1) is 13.2 Å². The third-order valence-corrected chi connectivity index (χ3v) is 4.24. The average molecular weight is 353 g/mol. The number of aromatic nitrogens is 3. The summed E-state index contributed by atoms with van der Waals surface area (Å²) in [5.41, 5.74) is 1.79. The lowest BCUT2D eigenvalue weighted by Gasteiger charge is -2.27. The van der Waals surface area contributed by atoms with Crippen LogP contribution in [0.4, 0.5) is 17.6 Å². The summed E-state index contributed by atoms with van der Waals surface area (Å²) in [5, 5.41) is 4.07. The smallest absolute Gasteiger partial charge is 0.336 e. The van der Waals surface area contributed by atoms with Gasteiger partial charge in [-0.25, -0.2) is 4.79 Å². The second-order valence-electron chi connectivity index (χ2n) is 6.19. The van der Waals surface area contributed by atoms with Crippen molar-refractivity contribution < 1.29 is 9.15 Å². The SMILES string of the molecule is Cc1nc(Nc2ccc3c(C)cc(=O)oc3c2)nc(N2CCOCC2)n1. The fraction of sp³-hybridized carbons (Fsp3) is 0.333. The van der Waals surface area contributed by atoms with Crippen LogP contribution in [0.2, 0.25) is 0 Å². The number of morpholine rings is 1. The molecule has 0 atom stereocenters. The van der Waals surface area contributed by atoms with Crippen LogP contribution in [-0.4, -0.2) is 41.3 Å². The molecule has 1 aromatic carbocycles. The first-order valence-corrected chi connectivity index (χ1v) is 8.45. The minimum absolute atomic E-state index is 0.363. The lowest BCUT2D eigenvalue weighted by Crippen LogP contribution is -2.37. The molecule has 0 spiro atoms. The van der Waals surface area contributed by atoms with E-state index in [1.807, 2.05) is 26.0 Å². The zero-order valence-electron chi connectivity index (χ0n) is 14.7. The zero-order chi connectivity index (χ0) is 18.1. The largest absolute Gasteiger partial charge is 0.423 e. The van der Waals surface area contributed by atoms with Crippen LogP contribution in [-0.2, 0) is 4.74 Å². The summed E-state index contributed by atoms with van der Waals surface area (Å²) < 4.78 is 10.7. The molecule has 2 aromatic heterocycles. The first kappa shape index (κ1) is 16.5. The van der Waals surface area contributed by atoms with E-state index in [0.717, 1.165) is 29.7 Å². The van der Waals surface area contributed by atoms with E-state index in [1.165, 1.54) is 6.07 Å². The maximum absolute atomic E-state index is 11.6. The van der Waals surface area contributed by atoms with E-state index >= 15 is 0 Å². The number of fused-ring (bicyclic) bond motifs is 1. The lowest BCUT2D eigenvalue weighted by atomic mass is 10.1. The van der Waals surface area contributed by atoms with Crippen LogP contribution in [0, 0.1) is 13.8 Å². The summed E-state index contributed by atoms with van der Waals surface area (Å²) in [6, 6.07) is 7.08. The van der Waals surface area contributed by atoms with E-state index in [2.05, 4.69) is 25.2 Å². The number of rotatable bonds is 3. The first-order chi connectivity index (χ1) is 12.6. The molecule has 0 saturated carbocycles. The minimum atomic E-state index is -0.363. The Morgan fingerprint density at radius 3 is 2.69 bits per heavy atom. The van der Waals surface area contributed by atoms with Crippen LogP contribution < -0.4 is 15.8 Å². The molecule has 1 aliphatic heterocycles. The number of hydrogen-bond donors (Lipinski definition) is 1. The molecule has 8 nitrogen and oxygen atoms in total. The highest BCUT2D eigenvalue weighted by Crippen LogP contribution is 2.23. The molecule has 134 valence electrons. The second kappa shape index (κ2) is 6.72. The molecule has 1 saturated heterocycles. The molecule has 8 heteroatoms. The first-order valence-electron chi connectivity index (χ1n) is 8.45. The highest BCUT2D eigenvalue weighted by Gasteiger charge is 2.16. The van der Waals surface area contributed by atoms with Gasteiger partial charge in [-0.15, -0.1) is 0 Å². The Morgan fingerprint density at radius 1 is 1.08 bits per heavy atom. The van der Waals surface area contributed by atoms with E-state index < -0.39 is 0 Å². The maximum Gasteiger partial charge on any atom is 0.336 e. The molecule has 1 N–H and O–H groups in total. The molecule has 4 rings (SSSR count). The number of nitrogens with one attached hydrogen (secondary N) is 1. The van der Waals surface area contributed by atoms with Gasteiger partial charge < -0.3 is 19.4 Å². The van der Waals surface area contributed by atoms with Gasteiger partial charge in [0, 0.05) is 36.3 Å². The summed E-state index contributed by atoms with van der Waals surface area (Å²) in [7, 11) is 0. The van der Waals surface area contributed by atoms with Crippen molar-refractivity contribution in [2.45, 2.75) is 13.8 Å². The van der Waals surface area contributed by atoms with Crippen molar-refractivity contribution in [2.24, 2.45) is 0 Å². The summed E-state index contributed by atoms with van der Waals surface area (Å²) in [6.07, 6.45) is 0. The second-order valence-corrected chi connectivity index (χ2v) is 6.19. The topological polar surface area (TPSA) is 93.4 Å². The number of nitrogens with zero attached hydrogens (tertiary/aromatic N) is 4. The van der Waals surface area contributed by atoms with Crippen molar-refractivity contribution in [3.63, 3.8) is 0 Å². The Morgan fingerprint density at radius 2 is 1.88 bits per heavy atom. The normalized spacial score (nSPS) is 14.6. The highest BCUT2D eigenvalue weighted by molar-refractivity contribution is 5.83. The van der Waals surface area contributed by atoms with Gasteiger partial charge in [-0.2, -0.15) is 15.0 Å². The van der Waals surface area contributed by atoms with Crippen LogP contribution in [0.1, 0.15) is 11.4 Å². The number of aryl methyl sites for hydroxylation is 2. The summed E-state index contributed by atoms with van der Waals surface area (Å²) in [5.74, 6) is 1.71.